The van der Waals surface area contributed by atoms with Gasteiger partial charge < -0.3 is 0 Å². The van der Waals surface area contributed by atoms with E-state index in [1.165, 1.54) is 0 Å². The lowest BCUT2D eigenvalue weighted by atomic mass is 10.5. The van der Waals surface area contributed by atoms with Crippen molar-refractivity contribution in [3.8, 4) is 0 Å². The van der Waals surface area contributed by atoms with Gasteiger partial charge in [-0.2, -0.15) is 8.42 Å². The summed E-state index contributed by atoms with van der Waals surface area (Å²) in [5.74, 6) is 0. The number of nitrogens with zero attached hydrogens (tertiary/aromatic N) is 1. The molecule has 54 valence electrons. The van der Waals surface area contributed by atoms with Crippen LogP contribution in [0.4, 0.5) is 3.89 Å². The van der Waals surface area contributed by atoms with E-state index in [2.05, 4.69) is 5.43 Å². The van der Waals surface area contributed by atoms with E-state index >= 15 is 0 Å². The Morgan fingerprint density at radius 1 is 1.56 bits per heavy atom. The first-order chi connectivity index (χ1) is 4.11. The van der Waals surface area contributed by atoms with Crippen LogP contribution >= 0.6 is 0 Å². The fourth-order valence-electron chi connectivity index (χ4n) is 0.692. The summed E-state index contributed by atoms with van der Waals surface area (Å²) in [4.78, 5) is 0. The normalized spacial score (nSPS) is 22.8. The molecule has 1 aliphatic heterocycles. The van der Waals surface area contributed by atoms with E-state index in [0.29, 0.717) is 17.4 Å². The average molecular weight is 154 g/mol. The van der Waals surface area contributed by atoms with Crippen molar-refractivity contribution < 1.29 is 12.3 Å². The Morgan fingerprint density at radius 2 is 2.22 bits per heavy atom. The van der Waals surface area contributed by atoms with E-state index in [-0.39, 0.29) is 6.54 Å². The Morgan fingerprint density at radius 3 is 2.44 bits per heavy atom. The second-order valence-electron chi connectivity index (χ2n) is 1.78. The number of hydrogen-bond donors (Lipinski definition) is 1. The molecule has 0 saturated carbocycles. The zero-order valence-electron chi connectivity index (χ0n) is 4.67. The summed E-state index contributed by atoms with van der Waals surface area (Å²) in [6.45, 7) is 0.766. The van der Waals surface area contributed by atoms with Crippen LogP contribution in [0.1, 0.15) is 6.42 Å². The summed E-state index contributed by atoms with van der Waals surface area (Å²) in [6, 6.07) is 0. The number of nitrogens with one attached hydrogen (secondary N) is 1. The van der Waals surface area contributed by atoms with Gasteiger partial charge in [-0.15, -0.1) is 4.41 Å². The molecule has 1 heterocycles. The molecule has 0 unspecified atom stereocenters. The quantitative estimate of drug-likeness (QED) is 0.514. The standard InChI is InChI=1S/C3H7FN2O2S/c4-9(7,8)6-3-1-2-5-6/h5H,1-3H2. The molecule has 1 rings (SSSR count). The molecule has 0 radical (unpaired) electrons. The highest BCUT2D eigenvalue weighted by atomic mass is 32.3. The summed E-state index contributed by atoms with van der Waals surface area (Å²) in [5.41, 5.74) is 2.37. The largest absolute Gasteiger partial charge is 0.387 e. The summed E-state index contributed by atoms with van der Waals surface area (Å²) in [5, 5.41) is 0. The van der Waals surface area contributed by atoms with Crippen molar-refractivity contribution >= 4 is 10.4 Å². The Kier molecular flexibility index (Phi) is 1.69. The maximum absolute atomic E-state index is 11.9. The fraction of sp³-hybridized carbons (Fsp3) is 1.00. The van der Waals surface area contributed by atoms with Gasteiger partial charge in [0.15, 0.2) is 0 Å². The second kappa shape index (κ2) is 2.20. The molecule has 0 aromatic rings. The summed E-state index contributed by atoms with van der Waals surface area (Å²) in [7, 11) is -4.48. The molecular weight excluding hydrogens is 147 g/mol. The van der Waals surface area contributed by atoms with E-state index in [9.17, 15) is 12.3 Å². The highest BCUT2D eigenvalue weighted by Crippen LogP contribution is 2.04. The maximum Gasteiger partial charge on any atom is 0.387 e. The van der Waals surface area contributed by atoms with Crippen LogP contribution in [-0.2, 0) is 10.4 Å². The third-order valence-electron chi connectivity index (χ3n) is 1.09. The van der Waals surface area contributed by atoms with Crippen LogP contribution in [0.3, 0.4) is 0 Å². The molecule has 0 aliphatic carbocycles. The Balaban J connectivity index is 2.63. The third kappa shape index (κ3) is 1.60. The first-order valence-corrected chi connectivity index (χ1v) is 3.90. The Labute approximate surface area is 53.0 Å². The molecule has 9 heavy (non-hydrogen) atoms. The van der Waals surface area contributed by atoms with E-state index in [1.807, 2.05) is 0 Å². The molecule has 1 fully saturated rings. The van der Waals surface area contributed by atoms with E-state index in [4.69, 9.17) is 0 Å². The van der Waals surface area contributed by atoms with Gasteiger partial charge in [-0.05, 0) is 6.42 Å². The highest BCUT2D eigenvalue weighted by molar-refractivity contribution is 7.83. The lowest BCUT2D eigenvalue weighted by molar-refractivity contribution is 0.372. The molecule has 0 atom stereocenters. The van der Waals surface area contributed by atoms with Crippen LogP contribution in [0.15, 0.2) is 0 Å². The Bertz CT molecular complexity index is 184. The topological polar surface area (TPSA) is 49.4 Å². The predicted octanol–water partition coefficient (Wildman–Crippen LogP) is -0.589. The first-order valence-electron chi connectivity index (χ1n) is 2.56. The molecule has 4 nitrogen and oxygen atoms in total. The summed E-state index contributed by atoms with van der Waals surface area (Å²) in [6.07, 6.45) is 0.670. The number of hydrogen-bond acceptors (Lipinski definition) is 3. The van der Waals surface area contributed by atoms with Crippen molar-refractivity contribution in [2.45, 2.75) is 6.42 Å². The van der Waals surface area contributed by atoms with Crippen molar-refractivity contribution in [2.75, 3.05) is 13.1 Å². The van der Waals surface area contributed by atoms with Crippen LogP contribution in [0.25, 0.3) is 0 Å². The number of halogens is 1. The minimum Gasteiger partial charge on any atom is -0.239 e. The van der Waals surface area contributed by atoms with Gasteiger partial charge in [0, 0.05) is 13.1 Å². The van der Waals surface area contributed by atoms with Gasteiger partial charge in [-0.3, -0.25) is 0 Å². The van der Waals surface area contributed by atoms with Gasteiger partial charge in [-0.25, -0.2) is 5.43 Å². The van der Waals surface area contributed by atoms with Crippen molar-refractivity contribution in [1.29, 1.82) is 0 Å². The van der Waals surface area contributed by atoms with Crippen molar-refractivity contribution in [3.05, 3.63) is 0 Å². The fourth-order valence-corrected chi connectivity index (χ4v) is 1.28. The second-order valence-corrected chi connectivity index (χ2v) is 3.04. The molecule has 1 N–H and O–H groups in total. The van der Waals surface area contributed by atoms with Gasteiger partial charge in [0.1, 0.15) is 0 Å². The van der Waals surface area contributed by atoms with Crippen LogP contribution in [0.2, 0.25) is 0 Å². The van der Waals surface area contributed by atoms with Gasteiger partial charge >= 0.3 is 10.4 Å². The molecule has 6 heteroatoms. The molecule has 0 amide bonds. The molecule has 1 saturated heterocycles. The molecular formula is C3H7FN2O2S. The number of rotatable bonds is 1. The zero-order valence-corrected chi connectivity index (χ0v) is 5.49. The lowest BCUT2D eigenvalue weighted by Gasteiger charge is -2.06. The predicted molar refractivity (Wildman–Crippen MR) is 29.4 cm³/mol. The molecule has 0 aromatic heterocycles. The van der Waals surface area contributed by atoms with Crippen molar-refractivity contribution in [3.63, 3.8) is 0 Å². The molecule has 0 bridgehead atoms. The number of hydrazine groups is 1. The zero-order chi connectivity index (χ0) is 6.91. The smallest absolute Gasteiger partial charge is 0.239 e. The van der Waals surface area contributed by atoms with Gasteiger partial charge in [-0.1, -0.05) is 3.89 Å². The lowest BCUT2D eigenvalue weighted by Crippen LogP contribution is -2.33. The molecule has 0 spiro atoms. The van der Waals surface area contributed by atoms with Crippen LogP contribution in [0, 0.1) is 0 Å². The molecule has 0 aromatic carbocycles. The summed E-state index contributed by atoms with van der Waals surface area (Å²) >= 11 is 0. The van der Waals surface area contributed by atoms with Crippen LogP contribution in [-0.4, -0.2) is 25.9 Å². The summed E-state index contributed by atoms with van der Waals surface area (Å²) < 4.78 is 32.6. The van der Waals surface area contributed by atoms with Crippen LogP contribution in [0.5, 0.6) is 0 Å². The minimum absolute atomic E-state index is 0.235. The SMILES string of the molecule is O=S(=O)(F)N1CCCN1. The van der Waals surface area contributed by atoms with Gasteiger partial charge in [0.05, 0.1) is 0 Å². The van der Waals surface area contributed by atoms with Gasteiger partial charge in [0.25, 0.3) is 0 Å². The Hall–Kier alpha value is -0.200. The first kappa shape index (κ1) is 6.91. The monoisotopic (exact) mass is 154 g/mol. The van der Waals surface area contributed by atoms with Crippen LogP contribution < -0.4 is 5.43 Å². The molecule has 1 aliphatic rings. The van der Waals surface area contributed by atoms with Crippen molar-refractivity contribution in [2.24, 2.45) is 0 Å². The van der Waals surface area contributed by atoms with E-state index in [0.717, 1.165) is 0 Å². The highest BCUT2D eigenvalue weighted by Gasteiger charge is 2.23. The van der Waals surface area contributed by atoms with E-state index in [1.54, 1.807) is 0 Å². The average Bonchev–Trinajstić information content (AvgIpc) is 2.08. The minimum atomic E-state index is -4.48. The third-order valence-corrected chi connectivity index (χ3v) is 1.93. The van der Waals surface area contributed by atoms with E-state index < -0.39 is 10.4 Å². The van der Waals surface area contributed by atoms with Gasteiger partial charge in [0.2, 0.25) is 0 Å². The maximum atomic E-state index is 11.9. The van der Waals surface area contributed by atoms with Crippen molar-refractivity contribution in [1.82, 2.24) is 9.84 Å².